The Balaban J connectivity index is 1.78. The molecule has 2 aromatic rings. The molecule has 0 aliphatic carbocycles. The summed E-state index contributed by atoms with van der Waals surface area (Å²) >= 11 is 5.96. The van der Waals surface area contributed by atoms with Crippen LogP contribution >= 0.6 is 11.6 Å². The molecule has 25 heavy (non-hydrogen) atoms. The number of rotatable bonds is 3. The van der Waals surface area contributed by atoms with Gasteiger partial charge in [0, 0.05) is 18.0 Å². The van der Waals surface area contributed by atoms with Crippen LogP contribution in [0.2, 0.25) is 5.02 Å². The first-order valence-corrected chi connectivity index (χ1v) is 8.97. The predicted molar refractivity (Wildman–Crippen MR) is 97.8 cm³/mol. The molecule has 1 fully saturated rings. The highest BCUT2D eigenvalue weighted by atomic mass is 35.5. The zero-order valence-electron chi connectivity index (χ0n) is 14.9. The number of ether oxygens (including phenoxy) is 1. The van der Waals surface area contributed by atoms with Gasteiger partial charge in [-0.2, -0.15) is 5.10 Å². The molecule has 0 unspecified atom stereocenters. The van der Waals surface area contributed by atoms with Crippen LogP contribution in [0.15, 0.2) is 30.5 Å². The number of aromatic amines is 1. The minimum absolute atomic E-state index is 0.0142. The summed E-state index contributed by atoms with van der Waals surface area (Å²) in [7, 11) is 0. The second-order valence-electron chi connectivity index (χ2n) is 7.44. The highest BCUT2D eigenvalue weighted by Crippen LogP contribution is 2.34. The first-order chi connectivity index (χ1) is 11.8. The largest absolute Gasteiger partial charge is 0.444 e. The van der Waals surface area contributed by atoms with Gasteiger partial charge in [0.15, 0.2) is 0 Å². The summed E-state index contributed by atoms with van der Waals surface area (Å²) < 4.78 is 5.56. The molecular formula is C19H24ClN3O2. The molecule has 0 saturated carbocycles. The van der Waals surface area contributed by atoms with Gasteiger partial charge < -0.3 is 4.74 Å². The number of carbonyl (C=O) groups excluding carboxylic acids is 1. The molecule has 2 heterocycles. The Labute approximate surface area is 153 Å². The summed E-state index contributed by atoms with van der Waals surface area (Å²) in [6.45, 7) is 6.37. The fraction of sp³-hybridized carbons (Fsp3) is 0.474. The van der Waals surface area contributed by atoms with E-state index in [1.165, 1.54) is 0 Å². The number of benzene rings is 1. The van der Waals surface area contributed by atoms with Crippen molar-refractivity contribution in [2.24, 2.45) is 0 Å². The number of nitrogens with zero attached hydrogens (tertiary/aromatic N) is 2. The number of carbonyl (C=O) groups is 1. The molecule has 1 saturated heterocycles. The van der Waals surface area contributed by atoms with Gasteiger partial charge in [-0.15, -0.1) is 0 Å². The number of halogens is 1. The molecule has 5 nitrogen and oxygen atoms in total. The van der Waals surface area contributed by atoms with E-state index in [9.17, 15) is 4.79 Å². The van der Waals surface area contributed by atoms with Crippen LogP contribution < -0.4 is 0 Å². The third-order valence-corrected chi connectivity index (χ3v) is 4.53. The van der Waals surface area contributed by atoms with Crippen LogP contribution in [0.25, 0.3) is 0 Å². The second kappa shape index (κ2) is 7.08. The van der Waals surface area contributed by atoms with Crippen LogP contribution in [0.1, 0.15) is 56.5 Å². The van der Waals surface area contributed by atoms with E-state index >= 15 is 0 Å². The number of H-pyrrole nitrogens is 1. The molecule has 1 aliphatic rings. The SMILES string of the molecule is CC(C)(C)OC(=O)N1CCC[C@@H]1c1[nH]ncc1Cc1ccc(Cl)cc1. The number of likely N-dealkylation sites (tertiary alicyclic amines) is 1. The van der Waals surface area contributed by atoms with E-state index in [0.29, 0.717) is 6.54 Å². The Morgan fingerprint density at radius 2 is 2.08 bits per heavy atom. The molecule has 1 amide bonds. The maximum atomic E-state index is 12.5. The Hall–Kier alpha value is -2.01. The summed E-state index contributed by atoms with van der Waals surface area (Å²) in [5.74, 6) is 0. The Morgan fingerprint density at radius 3 is 2.76 bits per heavy atom. The summed E-state index contributed by atoms with van der Waals surface area (Å²) in [6, 6.07) is 7.79. The second-order valence-corrected chi connectivity index (χ2v) is 7.88. The highest BCUT2D eigenvalue weighted by molar-refractivity contribution is 6.30. The van der Waals surface area contributed by atoms with E-state index in [2.05, 4.69) is 10.2 Å². The minimum Gasteiger partial charge on any atom is -0.444 e. The van der Waals surface area contributed by atoms with Gasteiger partial charge >= 0.3 is 6.09 Å². The van der Waals surface area contributed by atoms with Gasteiger partial charge in [0.25, 0.3) is 0 Å². The van der Waals surface area contributed by atoms with Crippen molar-refractivity contribution in [2.45, 2.75) is 51.7 Å². The number of amides is 1. The molecule has 1 aromatic carbocycles. The van der Waals surface area contributed by atoms with Crippen molar-refractivity contribution in [3.8, 4) is 0 Å². The molecular weight excluding hydrogens is 338 g/mol. The van der Waals surface area contributed by atoms with Crippen molar-refractivity contribution in [3.05, 3.63) is 52.3 Å². The van der Waals surface area contributed by atoms with Gasteiger partial charge in [0.05, 0.1) is 17.9 Å². The molecule has 1 N–H and O–H groups in total. The van der Waals surface area contributed by atoms with Crippen LogP contribution in [0.5, 0.6) is 0 Å². The third-order valence-electron chi connectivity index (χ3n) is 4.27. The molecule has 1 aromatic heterocycles. The van der Waals surface area contributed by atoms with Crippen molar-refractivity contribution in [1.82, 2.24) is 15.1 Å². The summed E-state index contributed by atoms with van der Waals surface area (Å²) in [4.78, 5) is 14.3. The monoisotopic (exact) mass is 361 g/mol. The predicted octanol–water partition coefficient (Wildman–Crippen LogP) is 4.73. The summed E-state index contributed by atoms with van der Waals surface area (Å²) in [6.07, 6.45) is 4.21. The Kier molecular flexibility index (Phi) is 5.04. The minimum atomic E-state index is -0.496. The van der Waals surface area contributed by atoms with Gasteiger partial charge in [-0.3, -0.25) is 10.00 Å². The van der Waals surface area contributed by atoms with E-state index in [1.807, 2.05) is 56.1 Å². The third kappa shape index (κ3) is 4.34. The maximum absolute atomic E-state index is 12.5. The van der Waals surface area contributed by atoms with Crippen molar-refractivity contribution in [1.29, 1.82) is 0 Å². The number of hydrogen-bond donors (Lipinski definition) is 1. The lowest BCUT2D eigenvalue weighted by Gasteiger charge is -2.28. The normalized spacial score (nSPS) is 17.8. The summed E-state index contributed by atoms with van der Waals surface area (Å²) in [5, 5.41) is 8.05. The van der Waals surface area contributed by atoms with Crippen LogP contribution in [-0.2, 0) is 11.2 Å². The topological polar surface area (TPSA) is 58.2 Å². The zero-order chi connectivity index (χ0) is 18.0. The molecule has 1 aliphatic heterocycles. The maximum Gasteiger partial charge on any atom is 0.410 e. The van der Waals surface area contributed by atoms with Gasteiger partial charge in [0.2, 0.25) is 0 Å². The smallest absolute Gasteiger partial charge is 0.410 e. The van der Waals surface area contributed by atoms with Crippen LogP contribution in [-0.4, -0.2) is 33.3 Å². The van der Waals surface area contributed by atoms with Gasteiger partial charge in [-0.25, -0.2) is 4.79 Å². The molecule has 1 atom stereocenters. The molecule has 0 bridgehead atoms. The average molecular weight is 362 g/mol. The summed E-state index contributed by atoms with van der Waals surface area (Å²) in [5.41, 5.74) is 2.76. The van der Waals surface area contributed by atoms with Crippen molar-refractivity contribution in [3.63, 3.8) is 0 Å². The van der Waals surface area contributed by atoms with Gasteiger partial charge in [-0.05, 0) is 56.9 Å². The lowest BCUT2D eigenvalue weighted by molar-refractivity contribution is 0.0221. The van der Waals surface area contributed by atoms with Crippen molar-refractivity contribution in [2.75, 3.05) is 6.54 Å². The quantitative estimate of drug-likeness (QED) is 0.860. The fourth-order valence-electron chi connectivity index (χ4n) is 3.18. The van der Waals surface area contributed by atoms with E-state index in [0.717, 1.165) is 41.1 Å². The Bertz CT molecular complexity index is 734. The molecule has 134 valence electrons. The zero-order valence-corrected chi connectivity index (χ0v) is 15.6. The van der Waals surface area contributed by atoms with Crippen LogP contribution in [0, 0.1) is 0 Å². The van der Waals surface area contributed by atoms with E-state index in [-0.39, 0.29) is 12.1 Å². The highest BCUT2D eigenvalue weighted by Gasteiger charge is 2.35. The molecule has 3 rings (SSSR count). The van der Waals surface area contributed by atoms with Crippen LogP contribution in [0.3, 0.4) is 0 Å². The number of hydrogen-bond acceptors (Lipinski definition) is 3. The lowest BCUT2D eigenvalue weighted by Crippen LogP contribution is -2.36. The molecule has 0 spiro atoms. The van der Waals surface area contributed by atoms with E-state index < -0.39 is 5.60 Å². The average Bonchev–Trinajstić information content (AvgIpc) is 3.16. The van der Waals surface area contributed by atoms with Crippen molar-refractivity contribution >= 4 is 17.7 Å². The van der Waals surface area contributed by atoms with Crippen molar-refractivity contribution < 1.29 is 9.53 Å². The molecule has 0 radical (unpaired) electrons. The standard InChI is InChI=1S/C19H24ClN3O2/c1-19(2,3)25-18(24)23-10-4-5-16(23)17-14(12-21-22-17)11-13-6-8-15(20)9-7-13/h6-9,12,16H,4-5,10-11H2,1-3H3,(H,21,22)/t16-/m1/s1. The number of nitrogens with one attached hydrogen (secondary N) is 1. The van der Waals surface area contributed by atoms with Crippen LogP contribution in [0.4, 0.5) is 4.79 Å². The molecule has 6 heteroatoms. The Morgan fingerprint density at radius 1 is 1.36 bits per heavy atom. The van der Waals surface area contributed by atoms with E-state index in [1.54, 1.807) is 0 Å². The number of aromatic nitrogens is 2. The first-order valence-electron chi connectivity index (χ1n) is 8.60. The van der Waals surface area contributed by atoms with Gasteiger partial charge in [0.1, 0.15) is 5.60 Å². The van der Waals surface area contributed by atoms with E-state index in [4.69, 9.17) is 16.3 Å². The first kappa shape index (κ1) is 17.8. The van der Waals surface area contributed by atoms with Gasteiger partial charge in [-0.1, -0.05) is 23.7 Å². The fourth-order valence-corrected chi connectivity index (χ4v) is 3.30. The lowest BCUT2D eigenvalue weighted by atomic mass is 10.0.